The summed E-state index contributed by atoms with van der Waals surface area (Å²) < 4.78 is 0. The van der Waals surface area contributed by atoms with Gasteiger partial charge >= 0.3 is 0 Å². The SMILES string of the molecule is Cc1c(C(=O)N(C)C)sc2ncnc(N(C)CCc3ccccn3)c12. The molecule has 0 atom stereocenters. The highest BCUT2D eigenvalue weighted by atomic mass is 32.1. The fraction of sp³-hybridized carbons (Fsp3) is 0.333. The molecule has 0 radical (unpaired) electrons. The number of pyridine rings is 1. The number of amides is 1. The number of hydrogen-bond donors (Lipinski definition) is 0. The standard InChI is InChI=1S/C18H21N5OS/c1-12-14-16(23(4)10-8-13-7-5-6-9-19-13)20-11-21-17(14)25-15(12)18(24)22(2)3/h5-7,9,11H,8,10H2,1-4H3. The van der Waals surface area contributed by atoms with Crippen LogP contribution < -0.4 is 4.90 Å². The lowest BCUT2D eigenvalue weighted by molar-refractivity contribution is 0.0831. The van der Waals surface area contributed by atoms with E-state index in [0.29, 0.717) is 0 Å². The van der Waals surface area contributed by atoms with Crippen LogP contribution in [0.5, 0.6) is 0 Å². The van der Waals surface area contributed by atoms with E-state index < -0.39 is 0 Å². The van der Waals surface area contributed by atoms with Gasteiger partial charge in [-0.1, -0.05) is 6.07 Å². The number of fused-ring (bicyclic) bond motifs is 1. The number of aryl methyl sites for hydroxylation is 1. The van der Waals surface area contributed by atoms with Crippen LogP contribution in [0, 0.1) is 6.92 Å². The van der Waals surface area contributed by atoms with Crippen molar-refractivity contribution >= 4 is 33.3 Å². The maximum absolute atomic E-state index is 12.4. The number of aromatic nitrogens is 3. The van der Waals surface area contributed by atoms with E-state index in [1.54, 1.807) is 31.5 Å². The van der Waals surface area contributed by atoms with Crippen molar-refractivity contribution in [3.63, 3.8) is 0 Å². The molecule has 0 bridgehead atoms. The molecule has 7 heteroatoms. The van der Waals surface area contributed by atoms with Gasteiger partial charge in [-0.3, -0.25) is 9.78 Å². The van der Waals surface area contributed by atoms with Crippen LogP contribution in [0.2, 0.25) is 0 Å². The predicted molar refractivity (Wildman–Crippen MR) is 101 cm³/mol. The average molecular weight is 355 g/mol. The van der Waals surface area contributed by atoms with Gasteiger partial charge < -0.3 is 9.80 Å². The minimum absolute atomic E-state index is 0.00240. The third kappa shape index (κ3) is 3.46. The first kappa shape index (κ1) is 17.3. The highest BCUT2D eigenvalue weighted by molar-refractivity contribution is 7.20. The number of carbonyl (C=O) groups is 1. The van der Waals surface area contributed by atoms with Crippen LogP contribution in [-0.4, -0.2) is 53.4 Å². The highest BCUT2D eigenvalue weighted by Crippen LogP contribution is 2.34. The first-order chi connectivity index (χ1) is 12.0. The van der Waals surface area contributed by atoms with Crippen molar-refractivity contribution in [3.8, 4) is 0 Å². The van der Waals surface area contributed by atoms with Crippen molar-refractivity contribution in [2.45, 2.75) is 13.3 Å². The Bertz CT molecular complexity index is 891. The number of hydrogen-bond acceptors (Lipinski definition) is 6. The molecule has 6 nitrogen and oxygen atoms in total. The topological polar surface area (TPSA) is 62.2 Å². The third-order valence-electron chi connectivity index (χ3n) is 4.10. The zero-order valence-corrected chi connectivity index (χ0v) is 15.7. The first-order valence-corrected chi connectivity index (χ1v) is 8.87. The Balaban J connectivity index is 1.92. The van der Waals surface area contributed by atoms with Gasteiger partial charge in [0.05, 0.1) is 10.3 Å². The molecule has 3 aromatic heterocycles. The van der Waals surface area contributed by atoms with E-state index in [9.17, 15) is 4.79 Å². The van der Waals surface area contributed by atoms with Crippen molar-refractivity contribution in [2.24, 2.45) is 0 Å². The minimum Gasteiger partial charge on any atom is -0.359 e. The van der Waals surface area contributed by atoms with E-state index >= 15 is 0 Å². The molecule has 0 unspecified atom stereocenters. The lowest BCUT2D eigenvalue weighted by Crippen LogP contribution is -2.22. The molecule has 0 aliphatic carbocycles. The van der Waals surface area contributed by atoms with Crippen molar-refractivity contribution in [1.82, 2.24) is 19.9 Å². The summed E-state index contributed by atoms with van der Waals surface area (Å²) in [6.07, 6.45) is 4.20. The van der Waals surface area contributed by atoms with Gasteiger partial charge in [0.15, 0.2) is 0 Å². The molecule has 0 aliphatic heterocycles. The summed E-state index contributed by atoms with van der Waals surface area (Å²) in [5.41, 5.74) is 1.99. The van der Waals surface area contributed by atoms with Crippen LogP contribution >= 0.6 is 11.3 Å². The van der Waals surface area contributed by atoms with Crippen LogP contribution in [-0.2, 0) is 6.42 Å². The van der Waals surface area contributed by atoms with Gasteiger partial charge in [-0.15, -0.1) is 11.3 Å². The van der Waals surface area contributed by atoms with Crippen molar-refractivity contribution in [2.75, 3.05) is 32.6 Å². The Kier molecular flexibility index (Phi) is 4.94. The molecule has 0 fully saturated rings. The van der Waals surface area contributed by atoms with E-state index in [0.717, 1.165) is 45.1 Å². The van der Waals surface area contributed by atoms with Crippen LogP contribution in [0.25, 0.3) is 10.2 Å². The second-order valence-corrected chi connectivity index (χ2v) is 7.12. The number of nitrogens with zero attached hydrogens (tertiary/aromatic N) is 5. The quantitative estimate of drug-likeness (QED) is 0.704. The smallest absolute Gasteiger partial charge is 0.263 e. The fourth-order valence-corrected chi connectivity index (χ4v) is 3.85. The Hall–Kier alpha value is -2.54. The molecule has 25 heavy (non-hydrogen) atoms. The summed E-state index contributed by atoms with van der Waals surface area (Å²) in [6.45, 7) is 2.75. The molecule has 130 valence electrons. The van der Waals surface area contributed by atoms with Crippen LogP contribution in [0.1, 0.15) is 20.9 Å². The summed E-state index contributed by atoms with van der Waals surface area (Å²) in [6, 6.07) is 5.93. The van der Waals surface area contributed by atoms with Gasteiger partial charge in [-0.2, -0.15) is 0 Å². The summed E-state index contributed by atoms with van der Waals surface area (Å²) >= 11 is 1.43. The fourth-order valence-electron chi connectivity index (χ4n) is 2.68. The van der Waals surface area contributed by atoms with Gasteiger partial charge in [0.25, 0.3) is 5.91 Å². The maximum atomic E-state index is 12.4. The van der Waals surface area contributed by atoms with Gasteiger partial charge in [-0.25, -0.2) is 9.97 Å². The number of rotatable bonds is 5. The molecule has 1 amide bonds. The lowest BCUT2D eigenvalue weighted by Gasteiger charge is -2.19. The molecule has 0 saturated heterocycles. The van der Waals surface area contributed by atoms with Crippen molar-refractivity contribution in [3.05, 3.63) is 46.9 Å². The molecule has 0 saturated carbocycles. The van der Waals surface area contributed by atoms with E-state index in [-0.39, 0.29) is 5.91 Å². The minimum atomic E-state index is 0.00240. The summed E-state index contributed by atoms with van der Waals surface area (Å²) in [4.78, 5) is 30.9. The molecular formula is C18H21N5OS. The van der Waals surface area contributed by atoms with Crippen LogP contribution in [0.4, 0.5) is 5.82 Å². The van der Waals surface area contributed by atoms with Crippen LogP contribution in [0.15, 0.2) is 30.7 Å². The zero-order chi connectivity index (χ0) is 18.0. The Labute approximate surface area is 151 Å². The number of anilines is 1. The molecule has 0 aliphatic rings. The van der Waals surface area contributed by atoms with E-state index in [1.165, 1.54) is 11.3 Å². The monoisotopic (exact) mass is 355 g/mol. The maximum Gasteiger partial charge on any atom is 0.263 e. The molecule has 3 rings (SSSR count). The zero-order valence-electron chi connectivity index (χ0n) is 14.9. The third-order valence-corrected chi connectivity index (χ3v) is 5.29. The normalized spacial score (nSPS) is 10.9. The first-order valence-electron chi connectivity index (χ1n) is 8.06. The van der Waals surface area contributed by atoms with Gasteiger partial charge in [0, 0.05) is 46.0 Å². The molecule has 0 spiro atoms. The predicted octanol–water partition coefficient (Wildman–Crippen LogP) is 2.78. The lowest BCUT2D eigenvalue weighted by atomic mass is 10.2. The molecule has 3 heterocycles. The highest BCUT2D eigenvalue weighted by Gasteiger charge is 2.21. The van der Waals surface area contributed by atoms with Gasteiger partial charge in [0.2, 0.25) is 0 Å². The van der Waals surface area contributed by atoms with E-state index in [4.69, 9.17) is 0 Å². The van der Waals surface area contributed by atoms with E-state index in [2.05, 4.69) is 19.9 Å². The van der Waals surface area contributed by atoms with Crippen LogP contribution in [0.3, 0.4) is 0 Å². The van der Waals surface area contributed by atoms with Crippen molar-refractivity contribution < 1.29 is 4.79 Å². The largest absolute Gasteiger partial charge is 0.359 e. The van der Waals surface area contributed by atoms with Gasteiger partial charge in [-0.05, 0) is 24.6 Å². The molecule has 3 aromatic rings. The summed E-state index contributed by atoms with van der Waals surface area (Å²) in [5, 5.41) is 0.959. The number of likely N-dealkylation sites (N-methyl/N-ethyl adjacent to an activating group) is 1. The van der Waals surface area contributed by atoms with Gasteiger partial charge in [0.1, 0.15) is 17.0 Å². The number of carbonyl (C=O) groups excluding carboxylic acids is 1. The Morgan fingerprint density at radius 3 is 2.64 bits per heavy atom. The van der Waals surface area contributed by atoms with Crippen molar-refractivity contribution in [1.29, 1.82) is 0 Å². The second kappa shape index (κ2) is 7.14. The molecular weight excluding hydrogens is 334 g/mol. The Morgan fingerprint density at radius 2 is 1.96 bits per heavy atom. The average Bonchev–Trinajstić information content (AvgIpc) is 2.96. The number of thiophene rings is 1. The molecule has 0 N–H and O–H groups in total. The summed E-state index contributed by atoms with van der Waals surface area (Å²) in [5.74, 6) is 0.857. The molecule has 0 aromatic carbocycles. The Morgan fingerprint density at radius 1 is 1.16 bits per heavy atom. The van der Waals surface area contributed by atoms with E-state index in [1.807, 2.05) is 32.2 Å². The summed E-state index contributed by atoms with van der Waals surface area (Å²) in [7, 11) is 5.53. The second-order valence-electron chi connectivity index (χ2n) is 6.13.